The zero-order valence-electron chi connectivity index (χ0n) is 8.71. The molecule has 8 heteroatoms. The second-order valence-corrected chi connectivity index (χ2v) is 3.45. The summed E-state index contributed by atoms with van der Waals surface area (Å²) in [5.41, 5.74) is -0.496. The first-order chi connectivity index (χ1) is 8.58. The van der Waals surface area contributed by atoms with Crippen LogP contribution in [0.25, 0.3) is 0 Å². The van der Waals surface area contributed by atoms with Gasteiger partial charge < -0.3 is 4.74 Å². The molecule has 1 aromatic carbocycles. The molecule has 0 atom stereocenters. The van der Waals surface area contributed by atoms with Crippen molar-refractivity contribution in [3.8, 4) is 11.6 Å². The summed E-state index contributed by atoms with van der Waals surface area (Å²) in [6.45, 7) is 0. The lowest BCUT2D eigenvalue weighted by atomic mass is 10.3. The van der Waals surface area contributed by atoms with Crippen LogP contribution in [0.5, 0.6) is 11.6 Å². The predicted molar refractivity (Wildman–Crippen MR) is 60.2 cm³/mol. The van der Waals surface area contributed by atoms with Crippen LogP contribution in [-0.2, 0) is 0 Å². The SMILES string of the molecule is O=[N+]([O-])c1cccc(F)c1Oc1ccnc(Cl)n1. The van der Waals surface area contributed by atoms with Crippen LogP contribution in [0.4, 0.5) is 10.1 Å². The van der Waals surface area contributed by atoms with Crippen LogP contribution in [0.15, 0.2) is 30.5 Å². The van der Waals surface area contributed by atoms with Crippen molar-refractivity contribution in [3.63, 3.8) is 0 Å². The summed E-state index contributed by atoms with van der Waals surface area (Å²) >= 11 is 5.52. The lowest BCUT2D eigenvalue weighted by Crippen LogP contribution is -1.97. The van der Waals surface area contributed by atoms with Crippen LogP contribution in [0.2, 0.25) is 5.28 Å². The summed E-state index contributed by atoms with van der Waals surface area (Å²) < 4.78 is 18.5. The first-order valence-electron chi connectivity index (χ1n) is 4.67. The van der Waals surface area contributed by atoms with Crippen molar-refractivity contribution >= 4 is 17.3 Å². The summed E-state index contributed by atoms with van der Waals surface area (Å²) in [7, 11) is 0. The van der Waals surface area contributed by atoms with Gasteiger partial charge in [-0.05, 0) is 17.7 Å². The number of nitrogens with zero attached hydrogens (tertiary/aromatic N) is 3. The van der Waals surface area contributed by atoms with E-state index in [1.807, 2.05) is 0 Å². The monoisotopic (exact) mass is 269 g/mol. The number of para-hydroxylation sites is 1. The second kappa shape index (κ2) is 4.92. The minimum Gasteiger partial charge on any atom is -0.428 e. The van der Waals surface area contributed by atoms with Gasteiger partial charge in [0, 0.05) is 18.3 Å². The number of ether oxygens (including phenoxy) is 1. The first kappa shape index (κ1) is 12.2. The van der Waals surface area contributed by atoms with Crippen molar-refractivity contribution in [2.24, 2.45) is 0 Å². The largest absolute Gasteiger partial charge is 0.428 e. The van der Waals surface area contributed by atoms with Gasteiger partial charge in [-0.1, -0.05) is 6.07 Å². The summed E-state index contributed by atoms with van der Waals surface area (Å²) in [6.07, 6.45) is 1.29. The Morgan fingerprint density at radius 3 is 2.83 bits per heavy atom. The molecule has 0 aliphatic heterocycles. The molecule has 0 unspecified atom stereocenters. The zero-order chi connectivity index (χ0) is 13.1. The molecule has 0 radical (unpaired) electrons. The maximum Gasteiger partial charge on any atom is 0.314 e. The molecule has 18 heavy (non-hydrogen) atoms. The maximum atomic E-state index is 13.5. The molecule has 2 rings (SSSR count). The topological polar surface area (TPSA) is 78.2 Å². The fourth-order valence-corrected chi connectivity index (χ4v) is 1.36. The molecule has 0 aliphatic rings. The van der Waals surface area contributed by atoms with Crippen LogP contribution in [0.1, 0.15) is 0 Å². The summed E-state index contributed by atoms with van der Waals surface area (Å²) in [4.78, 5) is 17.2. The Morgan fingerprint density at radius 1 is 1.39 bits per heavy atom. The smallest absolute Gasteiger partial charge is 0.314 e. The van der Waals surface area contributed by atoms with Gasteiger partial charge >= 0.3 is 5.69 Å². The third-order valence-electron chi connectivity index (χ3n) is 1.95. The van der Waals surface area contributed by atoms with E-state index in [1.165, 1.54) is 18.3 Å². The van der Waals surface area contributed by atoms with E-state index in [9.17, 15) is 14.5 Å². The fraction of sp³-hybridized carbons (Fsp3) is 0. The average molecular weight is 270 g/mol. The van der Waals surface area contributed by atoms with E-state index < -0.39 is 22.2 Å². The third-order valence-corrected chi connectivity index (χ3v) is 2.13. The lowest BCUT2D eigenvalue weighted by molar-refractivity contribution is -0.385. The van der Waals surface area contributed by atoms with Gasteiger partial charge in [-0.3, -0.25) is 10.1 Å². The molecule has 2 aromatic rings. The Hall–Kier alpha value is -2.28. The maximum absolute atomic E-state index is 13.5. The lowest BCUT2D eigenvalue weighted by Gasteiger charge is -2.05. The Kier molecular flexibility index (Phi) is 3.33. The highest BCUT2D eigenvalue weighted by Crippen LogP contribution is 2.32. The molecule has 0 spiro atoms. The molecule has 0 saturated carbocycles. The highest BCUT2D eigenvalue weighted by atomic mass is 35.5. The van der Waals surface area contributed by atoms with Crippen LogP contribution in [-0.4, -0.2) is 14.9 Å². The van der Waals surface area contributed by atoms with E-state index in [1.54, 1.807) is 0 Å². The Labute approximate surface area is 105 Å². The summed E-state index contributed by atoms with van der Waals surface area (Å²) in [5.74, 6) is -1.46. The van der Waals surface area contributed by atoms with Crippen molar-refractivity contribution in [3.05, 3.63) is 51.7 Å². The van der Waals surface area contributed by atoms with E-state index in [0.717, 1.165) is 12.1 Å². The Balaban J connectivity index is 2.42. The van der Waals surface area contributed by atoms with Crippen molar-refractivity contribution in [1.29, 1.82) is 0 Å². The molecule has 0 amide bonds. The van der Waals surface area contributed by atoms with Gasteiger partial charge in [0.15, 0.2) is 5.82 Å². The first-order valence-corrected chi connectivity index (χ1v) is 5.05. The number of hydrogen-bond donors (Lipinski definition) is 0. The number of benzene rings is 1. The molecular formula is C10H5ClFN3O3. The molecule has 6 nitrogen and oxygen atoms in total. The van der Waals surface area contributed by atoms with Gasteiger partial charge in [0.25, 0.3) is 0 Å². The van der Waals surface area contributed by atoms with Crippen molar-refractivity contribution in [2.75, 3.05) is 0 Å². The average Bonchev–Trinajstić information content (AvgIpc) is 2.31. The number of aromatic nitrogens is 2. The number of halogens is 2. The van der Waals surface area contributed by atoms with Gasteiger partial charge in [-0.15, -0.1) is 0 Å². The number of nitro benzene ring substituents is 1. The van der Waals surface area contributed by atoms with Gasteiger partial charge in [0.05, 0.1) is 4.92 Å². The van der Waals surface area contributed by atoms with E-state index >= 15 is 0 Å². The second-order valence-electron chi connectivity index (χ2n) is 3.11. The zero-order valence-corrected chi connectivity index (χ0v) is 9.46. The Bertz CT molecular complexity index is 609. The van der Waals surface area contributed by atoms with Crippen molar-refractivity contribution in [1.82, 2.24) is 9.97 Å². The van der Waals surface area contributed by atoms with E-state index in [-0.39, 0.29) is 11.2 Å². The number of hydrogen-bond acceptors (Lipinski definition) is 5. The molecule has 0 saturated heterocycles. The van der Waals surface area contributed by atoms with Crippen molar-refractivity contribution in [2.45, 2.75) is 0 Å². The van der Waals surface area contributed by atoms with E-state index in [2.05, 4.69) is 9.97 Å². The minimum absolute atomic E-state index is 0.0804. The van der Waals surface area contributed by atoms with Gasteiger partial charge in [0.2, 0.25) is 16.9 Å². The molecular weight excluding hydrogens is 265 g/mol. The molecule has 92 valence electrons. The summed E-state index contributed by atoms with van der Waals surface area (Å²) in [6, 6.07) is 4.70. The highest BCUT2D eigenvalue weighted by molar-refractivity contribution is 6.28. The highest BCUT2D eigenvalue weighted by Gasteiger charge is 2.20. The number of rotatable bonds is 3. The minimum atomic E-state index is -0.862. The predicted octanol–water partition coefficient (Wildman–Crippen LogP) is 2.97. The van der Waals surface area contributed by atoms with Crippen LogP contribution >= 0.6 is 11.6 Å². The van der Waals surface area contributed by atoms with Crippen molar-refractivity contribution < 1.29 is 14.1 Å². The van der Waals surface area contributed by atoms with E-state index in [4.69, 9.17) is 16.3 Å². The molecule has 0 N–H and O–H groups in total. The van der Waals surface area contributed by atoms with Crippen LogP contribution in [0, 0.1) is 15.9 Å². The molecule has 1 heterocycles. The third kappa shape index (κ3) is 2.51. The number of nitro groups is 1. The Morgan fingerprint density at radius 2 is 2.17 bits per heavy atom. The van der Waals surface area contributed by atoms with Gasteiger partial charge in [0.1, 0.15) is 0 Å². The van der Waals surface area contributed by atoms with Crippen LogP contribution in [0.3, 0.4) is 0 Å². The van der Waals surface area contributed by atoms with Crippen LogP contribution < -0.4 is 4.74 Å². The van der Waals surface area contributed by atoms with Gasteiger partial charge in [-0.25, -0.2) is 9.37 Å². The molecule has 0 bridgehead atoms. The fourth-order valence-electron chi connectivity index (χ4n) is 1.22. The molecule has 1 aromatic heterocycles. The molecule has 0 aliphatic carbocycles. The quantitative estimate of drug-likeness (QED) is 0.486. The summed E-state index contributed by atoms with van der Waals surface area (Å²) in [5, 5.41) is 10.6. The molecule has 0 fully saturated rings. The standard InChI is InChI=1S/C10H5ClFN3O3/c11-10-13-5-4-8(14-10)18-9-6(12)2-1-3-7(9)15(16)17/h1-5H. The van der Waals surface area contributed by atoms with E-state index in [0.29, 0.717) is 0 Å². The van der Waals surface area contributed by atoms with Gasteiger partial charge in [-0.2, -0.15) is 4.98 Å². The normalized spacial score (nSPS) is 10.1.